The van der Waals surface area contributed by atoms with Gasteiger partial charge in [-0.2, -0.15) is 0 Å². The van der Waals surface area contributed by atoms with Crippen LogP contribution in [0.4, 0.5) is 11.4 Å². The number of amides is 1. The van der Waals surface area contributed by atoms with Crippen molar-refractivity contribution in [2.75, 3.05) is 11.9 Å². The number of nitrogens with two attached hydrogens (primary N) is 1. The lowest BCUT2D eigenvalue weighted by atomic mass is 10.2. The summed E-state index contributed by atoms with van der Waals surface area (Å²) >= 11 is 0. The Labute approximate surface area is 86.2 Å². The fraction of sp³-hybridized carbons (Fsp3) is 0.222. The number of carbonyl (C=O) groups is 1. The minimum atomic E-state index is -0.493. The largest absolute Gasteiger partial charge is 0.325 e. The smallest absolute Gasteiger partial charge is 0.274 e. The topological polar surface area (TPSA) is 98.3 Å². The van der Waals surface area contributed by atoms with E-state index >= 15 is 0 Å². The second-order valence-electron chi connectivity index (χ2n) is 3.01. The van der Waals surface area contributed by atoms with E-state index in [4.69, 9.17) is 5.73 Å². The zero-order chi connectivity index (χ0) is 11.4. The number of nitro groups is 1. The Bertz CT molecular complexity index is 404. The van der Waals surface area contributed by atoms with Crippen LogP contribution in [0, 0.1) is 17.0 Å². The molecule has 0 fully saturated rings. The van der Waals surface area contributed by atoms with E-state index in [1.165, 1.54) is 6.07 Å². The number of aryl methyl sites for hydroxylation is 1. The number of nitrogens with zero attached hydrogens (tertiary/aromatic N) is 1. The van der Waals surface area contributed by atoms with Crippen LogP contribution in [0.1, 0.15) is 5.56 Å². The second-order valence-corrected chi connectivity index (χ2v) is 3.01. The molecule has 80 valence electrons. The maximum absolute atomic E-state index is 10.9. The van der Waals surface area contributed by atoms with Gasteiger partial charge in [-0.05, 0) is 13.0 Å². The zero-order valence-electron chi connectivity index (χ0n) is 8.19. The van der Waals surface area contributed by atoms with Crippen LogP contribution in [0.3, 0.4) is 0 Å². The van der Waals surface area contributed by atoms with E-state index in [-0.39, 0.29) is 18.1 Å². The monoisotopic (exact) mass is 209 g/mol. The lowest BCUT2D eigenvalue weighted by Crippen LogP contribution is -2.21. The molecule has 1 aromatic carbocycles. The molecule has 0 saturated heterocycles. The van der Waals surface area contributed by atoms with E-state index < -0.39 is 4.92 Å². The summed E-state index contributed by atoms with van der Waals surface area (Å²) in [7, 11) is 0. The standard InChI is InChI=1S/C9H11N3O3/c1-6-2-3-7(11-9(13)5-10)4-8(6)12(14)15/h2-4H,5,10H2,1H3,(H,11,13). The molecule has 0 saturated carbocycles. The van der Waals surface area contributed by atoms with Crippen LogP contribution in [-0.4, -0.2) is 17.4 Å². The minimum Gasteiger partial charge on any atom is -0.325 e. The van der Waals surface area contributed by atoms with Crippen molar-refractivity contribution in [3.05, 3.63) is 33.9 Å². The highest BCUT2D eigenvalue weighted by Gasteiger charge is 2.11. The molecule has 6 heteroatoms. The van der Waals surface area contributed by atoms with Crippen molar-refractivity contribution < 1.29 is 9.72 Å². The molecule has 0 atom stereocenters. The summed E-state index contributed by atoms with van der Waals surface area (Å²) in [5.41, 5.74) is 6.00. The van der Waals surface area contributed by atoms with E-state index in [0.717, 1.165) is 0 Å². The number of nitrogens with one attached hydrogen (secondary N) is 1. The van der Waals surface area contributed by atoms with Gasteiger partial charge in [0.2, 0.25) is 5.91 Å². The van der Waals surface area contributed by atoms with E-state index in [9.17, 15) is 14.9 Å². The molecule has 0 aliphatic heterocycles. The summed E-state index contributed by atoms with van der Waals surface area (Å²) in [5, 5.41) is 13.0. The lowest BCUT2D eigenvalue weighted by Gasteiger charge is -2.04. The molecule has 0 spiro atoms. The second kappa shape index (κ2) is 4.52. The van der Waals surface area contributed by atoms with Crippen LogP contribution in [0.2, 0.25) is 0 Å². The zero-order valence-corrected chi connectivity index (χ0v) is 8.19. The van der Waals surface area contributed by atoms with Crippen LogP contribution in [0.15, 0.2) is 18.2 Å². The van der Waals surface area contributed by atoms with Gasteiger partial charge in [-0.15, -0.1) is 0 Å². The van der Waals surface area contributed by atoms with Gasteiger partial charge in [-0.3, -0.25) is 14.9 Å². The highest BCUT2D eigenvalue weighted by atomic mass is 16.6. The van der Waals surface area contributed by atoms with E-state index in [1.54, 1.807) is 19.1 Å². The third-order valence-electron chi connectivity index (χ3n) is 1.87. The van der Waals surface area contributed by atoms with Gasteiger partial charge in [0.1, 0.15) is 0 Å². The van der Waals surface area contributed by atoms with Gasteiger partial charge in [-0.25, -0.2) is 0 Å². The van der Waals surface area contributed by atoms with E-state index in [0.29, 0.717) is 11.3 Å². The van der Waals surface area contributed by atoms with Crippen LogP contribution in [-0.2, 0) is 4.79 Å². The van der Waals surface area contributed by atoms with Gasteiger partial charge < -0.3 is 11.1 Å². The molecule has 1 amide bonds. The van der Waals surface area contributed by atoms with Gasteiger partial charge >= 0.3 is 0 Å². The molecule has 3 N–H and O–H groups in total. The SMILES string of the molecule is Cc1ccc(NC(=O)CN)cc1[N+](=O)[O-]. The molecule has 0 aromatic heterocycles. The molecule has 0 radical (unpaired) electrons. The number of rotatable bonds is 3. The molecular weight excluding hydrogens is 198 g/mol. The Morgan fingerprint density at radius 3 is 2.80 bits per heavy atom. The molecule has 1 aromatic rings. The molecular formula is C9H11N3O3. The first-order chi connectivity index (χ1) is 7.04. The first kappa shape index (κ1) is 11.1. The quantitative estimate of drug-likeness (QED) is 0.568. The summed E-state index contributed by atoms with van der Waals surface area (Å²) in [6.07, 6.45) is 0. The summed E-state index contributed by atoms with van der Waals surface area (Å²) < 4.78 is 0. The Morgan fingerprint density at radius 1 is 1.60 bits per heavy atom. The van der Waals surface area contributed by atoms with Crippen molar-refractivity contribution >= 4 is 17.3 Å². The van der Waals surface area contributed by atoms with Crippen LogP contribution in [0.5, 0.6) is 0 Å². The van der Waals surface area contributed by atoms with Crippen molar-refractivity contribution in [2.24, 2.45) is 5.73 Å². The number of nitro benzene ring substituents is 1. The van der Waals surface area contributed by atoms with Gasteiger partial charge in [0, 0.05) is 17.3 Å². The number of hydrogen-bond acceptors (Lipinski definition) is 4. The molecule has 0 bridgehead atoms. The number of benzene rings is 1. The molecule has 1 rings (SSSR count). The van der Waals surface area contributed by atoms with Crippen molar-refractivity contribution in [1.82, 2.24) is 0 Å². The fourth-order valence-electron chi connectivity index (χ4n) is 1.10. The number of carbonyl (C=O) groups excluding carboxylic acids is 1. The lowest BCUT2D eigenvalue weighted by molar-refractivity contribution is -0.385. The van der Waals surface area contributed by atoms with Crippen LogP contribution < -0.4 is 11.1 Å². The number of anilines is 1. The summed E-state index contributed by atoms with van der Waals surface area (Å²) in [6, 6.07) is 4.48. The van der Waals surface area contributed by atoms with Crippen molar-refractivity contribution in [3.8, 4) is 0 Å². The predicted octanol–water partition coefficient (Wildman–Crippen LogP) is 0.800. The first-order valence-corrected chi connectivity index (χ1v) is 4.29. The van der Waals surface area contributed by atoms with Gasteiger partial charge in [-0.1, -0.05) is 6.07 Å². The minimum absolute atomic E-state index is 0.0233. The van der Waals surface area contributed by atoms with Crippen LogP contribution >= 0.6 is 0 Å². The summed E-state index contributed by atoms with van der Waals surface area (Å²) in [4.78, 5) is 21.0. The highest BCUT2D eigenvalue weighted by molar-refractivity contribution is 5.92. The summed E-state index contributed by atoms with van der Waals surface area (Å²) in [5.74, 6) is -0.381. The Hall–Kier alpha value is -1.95. The van der Waals surface area contributed by atoms with Crippen LogP contribution in [0.25, 0.3) is 0 Å². The molecule has 6 nitrogen and oxygen atoms in total. The molecule has 0 aliphatic rings. The first-order valence-electron chi connectivity index (χ1n) is 4.29. The van der Waals surface area contributed by atoms with Crippen molar-refractivity contribution in [2.45, 2.75) is 6.92 Å². The van der Waals surface area contributed by atoms with Gasteiger partial charge in [0.05, 0.1) is 11.5 Å². The predicted molar refractivity (Wildman–Crippen MR) is 55.5 cm³/mol. The summed E-state index contributed by atoms with van der Waals surface area (Å²) in [6.45, 7) is 1.48. The van der Waals surface area contributed by atoms with E-state index in [2.05, 4.69) is 5.32 Å². The normalized spacial score (nSPS) is 9.73. The number of hydrogen-bond donors (Lipinski definition) is 2. The Kier molecular flexibility index (Phi) is 3.35. The van der Waals surface area contributed by atoms with Gasteiger partial charge in [0.25, 0.3) is 5.69 Å². The van der Waals surface area contributed by atoms with Gasteiger partial charge in [0.15, 0.2) is 0 Å². The molecule has 0 heterocycles. The molecule has 0 aliphatic carbocycles. The maximum atomic E-state index is 10.9. The third-order valence-corrected chi connectivity index (χ3v) is 1.87. The average Bonchev–Trinajstić information content (AvgIpc) is 2.20. The third kappa shape index (κ3) is 2.75. The van der Waals surface area contributed by atoms with E-state index in [1.807, 2.05) is 0 Å². The van der Waals surface area contributed by atoms with Crippen molar-refractivity contribution in [1.29, 1.82) is 0 Å². The fourth-order valence-corrected chi connectivity index (χ4v) is 1.10. The highest BCUT2D eigenvalue weighted by Crippen LogP contribution is 2.21. The Balaban J connectivity index is 2.97. The average molecular weight is 209 g/mol. The maximum Gasteiger partial charge on any atom is 0.274 e. The molecule has 15 heavy (non-hydrogen) atoms. The molecule has 0 unspecified atom stereocenters. The Morgan fingerprint density at radius 2 is 2.27 bits per heavy atom. The van der Waals surface area contributed by atoms with Crippen molar-refractivity contribution in [3.63, 3.8) is 0 Å².